The number of aryl methyl sites for hydroxylation is 1. The molecule has 0 N–H and O–H groups in total. The molecule has 1 aromatic rings. The lowest BCUT2D eigenvalue weighted by atomic mass is 10.3. The molecule has 1 heterocycles. The van der Waals surface area contributed by atoms with Gasteiger partial charge in [-0.05, 0) is 13.0 Å². The van der Waals surface area contributed by atoms with Gasteiger partial charge in [0.1, 0.15) is 5.82 Å². The topological polar surface area (TPSA) is 25.8 Å². The predicted molar refractivity (Wildman–Crippen MR) is 65.2 cm³/mol. The summed E-state index contributed by atoms with van der Waals surface area (Å²) in [6.45, 7) is 1.61. The minimum Gasteiger partial charge on any atom is -0.234 e. The van der Waals surface area contributed by atoms with Gasteiger partial charge in [0.05, 0.1) is 11.4 Å². The van der Waals surface area contributed by atoms with Gasteiger partial charge in [-0.1, -0.05) is 69.6 Å². The molecular weight excluding hydrogens is 325 g/mol. The van der Waals surface area contributed by atoms with Gasteiger partial charge >= 0.3 is 0 Å². The van der Waals surface area contributed by atoms with Crippen LogP contribution in [0.3, 0.4) is 0 Å². The highest BCUT2D eigenvalue weighted by molar-refractivity contribution is 6.67. The summed E-state index contributed by atoms with van der Waals surface area (Å²) in [6, 6.07) is 1.34. The van der Waals surface area contributed by atoms with E-state index in [1.807, 2.05) is 0 Å². The van der Waals surface area contributed by atoms with E-state index in [1.165, 1.54) is 6.07 Å². The van der Waals surface area contributed by atoms with Crippen LogP contribution in [0.1, 0.15) is 17.2 Å². The molecule has 0 aromatic carbocycles. The van der Waals surface area contributed by atoms with E-state index in [0.29, 0.717) is 5.82 Å². The molecule has 0 amide bonds. The molecule has 0 bridgehead atoms. The minimum absolute atomic E-state index is 0.168. The van der Waals surface area contributed by atoms with Crippen molar-refractivity contribution in [3.05, 3.63) is 23.3 Å². The fraction of sp³-hybridized carbons (Fsp3) is 0.429. The summed E-state index contributed by atoms with van der Waals surface area (Å²) in [5.41, 5.74) is 0.336. The maximum absolute atomic E-state index is 5.66. The Hall–Kier alpha value is 0.820. The zero-order chi connectivity index (χ0) is 11.9. The Balaban J connectivity index is 3.30. The minimum atomic E-state index is -1.67. The lowest BCUT2D eigenvalue weighted by molar-refractivity contribution is 0.915. The molecular formula is C7H4Cl6N2. The second-order valence-electron chi connectivity index (χ2n) is 2.68. The van der Waals surface area contributed by atoms with E-state index in [9.17, 15) is 0 Å². The van der Waals surface area contributed by atoms with E-state index in [2.05, 4.69) is 9.97 Å². The van der Waals surface area contributed by atoms with Gasteiger partial charge < -0.3 is 0 Å². The molecule has 1 rings (SSSR count). The molecule has 0 unspecified atom stereocenters. The second kappa shape index (κ2) is 4.59. The van der Waals surface area contributed by atoms with Gasteiger partial charge in [0.25, 0.3) is 0 Å². The molecule has 0 aliphatic heterocycles. The fourth-order valence-corrected chi connectivity index (χ4v) is 1.44. The normalized spacial score (nSPS) is 13.0. The number of nitrogens with zero attached hydrogens (tertiary/aromatic N) is 2. The number of rotatable bonds is 0. The van der Waals surface area contributed by atoms with Crippen LogP contribution < -0.4 is 0 Å². The highest BCUT2D eigenvalue weighted by Gasteiger charge is 2.31. The van der Waals surface area contributed by atoms with Gasteiger partial charge in [-0.2, -0.15) is 0 Å². The van der Waals surface area contributed by atoms with Gasteiger partial charge in [0.2, 0.25) is 7.59 Å². The summed E-state index contributed by atoms with van der Waals surface area (Å²) in [5.74, 6) is 0.361. The van der Waals surface area contributed by atoms with E-state index in [-0.39, 0.29) is 11.4 Å². The summed E-state index contributed by atoms with van der Waals surface area (Å²) in [7, 11) is 0. The van der Waals surface area contributed by atoms with Crippen molar-refractivity contribution < 1.29 is 0 Å². The van der Waals surface area contributed by atoms with Crippen LogP contribution in [0, 0.1) is 6.92 Å². The smallest absolute Gasteiger partial charge is 0.232 e. The van der Waals surface area contributed by atoms with E-state index < -0.39 is 7.59 Å². The lowest BCUT2D eigenvalue weighted by Crippen LogP contribution is -2.12. The average molecular weight is 329 g/mol. The van der Waals surface area contributed by atoms with Crippen LogP contribution in [0.25, 0.3) is 0 Å². The molecule has 1 aromatic heterocycles. The van der Waals surface area contributed by atoms with Crippen LogP contribution in [0.4, 0.5) is 0 Å². The molecule has 2 nitrogen and oxygen atoms in total. The molecule has 0 aliphatic rings. The summed E-state index contributed by atoms with van der Waals surface area (Å²) >= 11 is 34.0. The zero-order valence-corrected chi connectivity index (χ0v) is 11.8. The van der Waals surface area contributed by atoms with Gasteiger partial charge in [-0.25, -0.2) is 9.97 Å². The molecule has 0 radical (unpaired) electrons. The van der Waals surface area contributed by atoms with Crippen LogP contribution in [-0.4, -0.2) is 9.97 Å². The molecule has 0 saturated heterocycles. The third-order valence-corrected chi connectivity index (χ3v) is 2.58. The van der Waals surface area contributed by atoms with Crippen LogP contribution in [0.15, 0.2) is 6.07 Å². The molecule has 84 valence electrons. The molecule has 0 saturated carbocycles. The summed E-state index contributed by atoms with van der Waals surface area (Å²) in [5, 5.41) is 0. The first-order chi connectivity index (χ1) is 6.60. The molecule has 8 heteroatoms. The Morgan fingerprint density at radius 2 is 1.20 bits per heavy atom. The van der Waals surface area contributed by atoms with Gasteiger partial charge in [-0.15, -0.1) is 0 Å². The maximum Gasteiger partial charge on any atom is 0.232 e. The first-order valence-electron chi connectivity index (χ1n) is 3.61. The van der Waals surface area contributed by atoms with Gasteiger partial charge in [-0.3, -0.25) is 0 Å². The Morgan fingerprint density at radius 3 is 1.47 bits per heavy atom. The van der Waals surface area contributed by atoms with Crippen LogP contribution >= 0.6 is 69.6 Å². The van der Waals surface area contributed by atoms with E-state index >= 15 is 0 Å². The third kappa shape index (κ3) is 3.95. The number of hydrogen-bond donors (Lipinski definition) is 0. The fourth-order valence-electron chi connectivity index (χ4n) is 0.858. The lowest BCUT2D eigenvalue weighted by Gasteiger charge is -2.15. The van der Waals surface area contributed by atoms with Crippen molar-refractivity contribution >= 4 is 69.6 Å². The van der Waals surface area contributed by atoms with Crippen LogP contribution in [-0.2, 0) is 7.59 Å². The van der Waals surface area contributed by atoms with Crippen molar-refractivity contribution in [1.29, 1.82) is 0 Å². The molecule has 0 atom stereocenters. The molecule has 15 heavy (non-hydrogen) atoms. The largest absolute Gasteiger partial charge is 0.234 e. The quantitative estimate of drug-likeness (QED) is 0.658. The number of alkyl halides is 6. The Labute approximate surface area is 117 Å². The summed E-state index contributed by atoms with van der Waals surface area (Å²) in [4.78, 5) is 7.87. The molecule has 0 aliphatic carbocycles. The number of aromatic nitrogens is 2. The van der Waals surface area contributed by atoms with Crippen molar-refractivity contribution in [3.63, 3.8) is 0 Å². The van der Waals surface area contributed by atoms with E-state index in [1.54, 1.807) is 6.92 Å². The monoisotopic (exact) mass is 326 g/mol. The summed E-state index contributed by atoms with van der Waals surface area (Å²) in [6.07, 6.45) is 0. The zero-order valence-electron chi connectivity index (χ0n) is 7.24. The Kier molecular flexibility index (Phi) is 4.25. The highest BCUT2D eigenvalue weighted by Crippen LogP contribution is 2.41. The second-order valence-corrected chi connectivity index (χ2v) is 7.24. The number of halogens is 6. The predicted octanol–water partition coefficient (Wildman–Crippen LogP) is 4.44. The standard InChI is InChI=1S/C7H4Cl6N2/c1-3-14-4(6(8,9)10)2-5(15-3)7(11,12)13/h2H,1H3. The third-order valence-electron chi connectivity index (χ3n) is 1.42. The molecule has 0 fully saturated rings. The SMILES string of the molecule is Cc1nc(C(Cl)(Cl)Cl)cc(C(Cl)(Cl)Cl)n1. The van der Waals surface area contributed by atoms with Crippen molar-refractivity contribution in [2.75, 3.05) is 0 Å². The molecule has 0 spiro atoms. The van der Waals surface area contributed by atoms with Crippen molar-refractivity contribution in [2.45, 2.75) is 14.5 Å². The first-order valence-corrected chi connectivity index (χ1v) is 5.87. The van der Waals surface area contributed by atoms with E-state index in [4.69, 9.17) is 69.6 Å². The maximum atomic E-state index is 5.66. The van der Waals surface area contributed by atoms with Crippen molar-refractivity contribution in [2.24, 2.45) is 0 Å². The van der Waals surface area contributed by atoms with Crippen LogP contribution in [0.5, 0.6) is 0 Å². The van der Waals surface area contributed by atoms with Crippen molar-refractivity contribution in [3.8, 4) is 0 Å². The highest BCUT2D eigenvalue weighted by atomic mass is 35.6. The van der Waals surface area contributed by atoms with Crippen molar-refractivity contribution in [1.82, 2.24) is 9.97 Å². The Bertz CT molecular complexity index is 334. The van der Waals surface area contributed by atoms with E-state index in [0.717, 1.165) is 0 Å². The number of hydrogen-bond acceptors (Lipinski definition) is 2. The van der Waals surface area contributed by atoms with Crippen LogP contribution in [0.2, 0.25) is 0 Å². The van der Waals surface area contributed by atoms with Gasteiger partial charge in [0, 0.05) is 0 Å². The summed E-state index contributed by atoms with van der Waals surface area (Å²) < 4.78 is -3.34. The Morgan fingerprint density at radius 1 is 0.867 bits per heavy atom. The average Bonchev–Trinajstić information content (AvgIpc) is 1.99. The van der Waals surface area contributed by atoms with Gasteiger partial charge in [0.15, 0.2) is 0 Å². The first kappa shape index (κ1) is 13.9.